The maximum atomic E-state index is 12.4. The number of anilines is 1. The lowest BCUT2D eigenvalue weighted by Gasteiger charge is -2.13. The van der Waals surface area contributed by atoms with Gasteiger partial charge in [-0.25, -0.2) is 4.98 Å². The van der Waals surface area contributed by atoms with Crippen molar-refractivity contribution in [3.05, 3.63) is 48.2 Å². The molecular weight excluding hydrogens is 306 g/mol. The molecule has 0 saturated carbocycles. The van der Waals surface area contributed by atoms with Crippen LogP contribution in [0.25, 0.3) is 0 Å². The van der Waals surface area contributed by atoms with E-state index >= 15 is 0 Å². The van der Waals surface area contributed by atoms with Gasteiger partial charge in [-0.15, -0.1) is 0 Å². The van der Waals surface area contributed by atoms with Crippen LogP contribution in [0, 0.1) is 0 Å². The summed E-state index contributed by atoms with van der Waals surface area (Å²) in [6.45, 7) is 1.34. The lowest BCUT2D eigenvalue weighted by atomic mass is 10.1. The van der Waals surface area contributed by atoms with Crippen LogP contribution in [-0.4, -0.2) is 49.1 Å². The summed E-state index contributed by atoms with van der Waals surface area (Å²) >= 11 is 0. The average Bonchev–Trinajstić information content (AvgIpc) is 2.99. The van der Waals surface area contributed by atoms with Crippen molar-refractivity contribution in [1.82, 2.24) is 9.88 Å². The number of para-hydroxylation sites is 1. The summed E-state index contributed by atoms with van der Waals surface area (Å²) in [6, 6.07) is 11.2. The van der Waals surface area contributed by atoms with Gasteiger partial charge in [-0.2, -0.15) is 0 Å². The summed E-state index contributed by atoms with van der Waals surface area (Å²) in [6.07, 6.45) is 1.69. The standard InChI is InChI=1S/C18H21N3O3/c1-21(2)9-10-23-17-12-14(7-8-19-17)20-18(22)16-11-13-5-3-4-6-15(13)24-16/h3-8,12,16H,9-11H2,1-2H3,(H,19,20,22)/t16-/m0/s1. The highest BCUT2D eigenvalue weighted by Gasteiger charge is 2.28. The summed E-state index contributed by atoms with van der Waals surface area (Å²) in [7, 11) is 3.96. The molecule has 1 aliphatic rings. The van der Waals surface area contributed by atoms with Gasteiger partial charge in [0.05, 0.1) is 0 Å². The van der Waals surface area contributed by atoms with Gasteiger partial charge in [0.1, 0.15) is 12.4 Å². The third-order valence-corrected chi connectivity index (χ3v) is 3.73. The zero-order chi connectivity index (χ0) is 16.9. The van der Waals surface area contributed by atoms with E-state index in [-0.39, 0.29) is 5.91 Å². The average molecular weight is 327 g/mol. The quantitative estimate of drug-likeness (QED) is 0.879. The molecule has 126 valence electrons. The zero-order valence-corrected chi connectivity index (χ0v) is 13.9. The van der Waals surface area contributed by atoms with E-state index in [1.54, 1.807) is 18.3 Å². The fraction of sp³-hybridized carbons (Fsp3) is 0.333. The molecule has 6 nitrogen and oxygen atoms in total. The third kappa shape index (κ3) is 4.02. The van der Waals surface area contributed by atoms with E-state index in [0.717, 1.165) is 17.9 Å². The van der Waals surface area contributed by atoms with Crippen molar-refractivity contribution >= 4 is 11.6 Å². The van der Waals surface area contributed by atoms with E-state index < -0.39 is 6.10 Å². The Morgan fingerprint density at radius 1 is 1.38 bits per heavy atom. The molecule has 0 unspecified atom stereocenters. The number of carbonyl (C=O) groups excluding carboxylic acids is 1. The first-order valence-corrected chi connectivity index (χ1v) is 7.91. The molecule has 6 heteroatoms. The van der Waals surface area contributed by atoms with Crippen LogP contribution in [0.1, 0.15) is 5.56 Å². The molecule has 1 N–H and O–H groups in total. The van der Waals surface area contributed by atoms with E-state index in [0.29, 0.717) is 24.6 Å². The molecule has 1 aromatic carbocycles. The van der Waals surface area contributed by atoms with Gasteiger partial charge in [0.2, 0.25) is 5.88 Å². The van der Waals surface area contributed by atoms with Crippen LogP contribution in [-0.2, 0) is 11.2 Å². The smallest absolute Gasteiger partial charge is 0.265 e. The molecule has 24 heavy (non-hydrogen) atoms. The molecule has 0 saturated heterocycles. The van der Waals surface area contributed by atoms with Crippen LogP contribution in [0.5, 0.6) is 11.6 Å². The number of amides is 1. The summed E-state index contributed by atoms with van der Waals surface area (Å²) < 4.78 is 11.3. The highest BCUT2D eigenvalue weighted by molar-refractivity contribution is 5.95. The predicted molar refractivity (Wildman–Crippen MR) is 91.5 cm³/mol. The normalized spacial score (nSPS) is 15.7. The third-order valence-electron chi connectivity index (χ3n) is 3.73. The number of aromatic nitrogens is 1. The molecule has 1 atom stereocenters. The number of likely N-dealkylation sites (N-methyl/N-ethyl adjacent to an activating group) is 1. The Morgan fingerprint density at radius 3 is 3.00 bits per heavy atom. The monoisotopic (exact) mass is 327 g/mol. The molecule has 0 bridgehead atoms. The fourth-order valence-corrected chi connectivity index (χ4v) is 2.45. The Bertz CT molecular complexity index is 693. The molecule has 0 fully saturated rings. The molecule has 1 aliphatic heterocycles. The van der Waals surface area contributed by atoms with E-state index in [1.807, 2.05) is 43.3 Å². The van der Waals surface area contributed by atoms with Crippen molar-refractivity contribution in [2.45, 2.75) is 12.5 Å². The second kappa shape index (κ2) is 7.31. The topological polar surface area (TPSA) is 63.7 Å². The molecule has 0 aliphatic carbocycles. The van der Waals surface area contributed by atoms with Gasteiger partial charge >= 0.3 is 0 Å². The van der Waals surface area contributed by atoms with Gasteiger partial charge in [-0.1, -0.05) is 18.2 Å². The Hall–Kier alpha value is -2.60. The molecular formula is C18H21N3O3. The first-order valence-electron chi connectivity index (χ1n) is 7.91. The van der Waals surface area contributed by atoms with Crippen LogP contribution in [0.15, 0.2) is 42.6 Å². The number of ether oxygens (including phenoxy) is 2. The van der Waals surface area contributed by atoms with E-state index in [2.05, 4.69) is 10.3 Å². The molecule has 2 aromatic rings. The Balaban J connectivity index is 1.57. The first kappa shape index (κ1) is 16.3. The zero-order valence-electron chi connectivity index (χ0n) is 13.9. The lowest BCUT2D eigenvalue weighted by Crippen LogP contribution is -2.31. The minimum absolute atomic E-state index is 0.170. The van der Waals surface area contributed by atoms with Crippen molar-refractivity contribution < 1.29 is 14.3 Å². The van der Waals surface area contributed by atoms with Crippen molar-refractivity contribution in [2.75, 3.05) is 32.6 Å². The second-order valence-corrected chi connectivity index (χ2v) is 5.94. The van der Waals surface area contributed by atoms with Crippen molar-refractivity contribution in [3.63, 3.8) is 0 Å². The van der Waals surface area contributed by atoms with Crippen molar-refractivity contribution in [1.29, 1.82) is 0 Å². The highest BCUT2D eigenvalue weighted by atomic mass is 16.5. The molecule has 1 aromatic heterocycles. The van der Waals surface area contributed by atoms with E-state index in [9.17, 15) is 4.79 Å². The van der Waals surface area contributed by atoms with E-state index in [1.165, 1.54) is 0 Å². The number of pyridine rings is 1. The number of hydrogen-bond acceptors (Lipinski definition) is 5. The lowest BCUT2D eigenvalue weighted by molar-refractivity contribution is -0.122. The van der Waals surface area contributed by atoms with Gasteiger partial charge in [-0.3, -0.25) is 4.79 Å². The Kier molecular flexibility index (Phi) is 4.96. The minimum Gasteiger partial charge on any atom is -0.480 e. The highest BCUT2D eigenvalue weighted by Crippen LogP contribution is 2.28. The van der Waals surface area contributed by atoms with E-state index in [4.69, 9.17) is 9.47 Å². The summed E-state index contributed by atoms with van der Waals surface area (Å²) in [5, 5.41) is 2.86. The number of carbonyl (C=O) groups is 1. The molecule has 0 radical (unpaired) electrons. The van der Waals surface area contributed by atoms with Gasteiger partial charge in [0, 0.05) is 30.9 Å². The summed E-state index contributed by atoms with van der Waals surface area (Å²) in [5.74, 6) is 1.10. The van der Waals surface area contributed by atoms with Crippen LogP contribution >= 0.6 is 0 Å². The number of nitrogens with one attached hydrogen (secondary N) is 1. The Labute approximate surface area is 141 Å². The number of nitrogens with zero attached hydrogens (tertiary/aromatic N) is 2. The maximum absolute atomic E-state index is 12.4. The number of hydrogen-bond donors (Lipinski definition) is 1. The van der Waals surface area contributed by atoms with Crippen molar-refractivity contribution in [3.8, 4) is 11.6 Å². The van der Waals surface area contributed by atoms with Crippen LogP contribution in [0.3, 0.4) is 0 Å². The van der Waals surface area contributed by atoms with Crippen molar-refractivity contribution in [2.24, 2.45) is 0 Å². The predicted octanol–water partition coefficient (Wildman–Crippen LogP) is 1.96. The van der Waals surface area contributed by atoms with Gasteiger partial charge < -0.3 is 19.7 Å². The molecule has 1 amide bonds. The molecule has 2 heterocycles. The fourth-order valence-electron chi connectivity index (χ4n) is 2.45. The Morgan fingerprint density at radius 2 is 2.21 bits per heavy atom. The molecule has 3 rings (SSSR count). The maximum Gasteiger partial charge on any atom is 0.265 e. The minimum atomic E-state index is -0.506. The number of fused-ring (bicyclic) bond motifs is 1. The van der Waals surface area contributed by atoms with Crippen LogP contribution in [0.2, 0.25) is 0 Å². The summed E-state index contributed by atoms with van der Waals surface area (Å²) in [5.41, 5.74) is 1.70. The van der Waals surface area contributed by atoms with Crippen LogP contribution in [0.4, 0.5) is 5.69 Å². The first-order chi connectivity index (χ1) is 11.6. The van der Waals surface area contributed by atoms with Crippen LogP contribution < -0.4 is 14.8 Å². The number of rotatable bonds is 6. The van der Waals surface area contributed by atoms with Gasteiger partial charge in [0.25, 0.3) is 5.91 Å². The summed E-state index contributed by atoms with van der Waals surface area (Å²) in [4.78, 5) is 18.6. The molecule has 0 spiro atoms. The SMILES string of the molecule is CN(C)CCOc1cc(NC(=O)[C@@H]2Cc3ccccc3O2)ccn1. The second-order valence-electron chi connectivity index (χ2n) is 5.94. The largest absolute Gasteiger partial charge is 0.480 e. The number of benzene rings is 1. The van der Waals surface area contributed by atoms with Gasteiger partial charge in [0.15, 0.2) is 6.10 Å². The van der Waals surface area contributed by atoms with Gasteiger partial charge in [-0.05, 0) is 31.8 Å².